The van der Waals surface area contributed by atoms with Crippen LogP contribution in [-0.4, -0.2) is 24.1 Å². The van der Waals surface area contributed by atoms with E-state index in [4.69, 9.17) is 9.47 Å². The Morgan fingerprint density at radius 2 is 1.96 bits per heavy atom. The summed E-state index contributed by atoms with van der Waals surface area (Å²) in [6, 6.07) is 13.9. The Morgan fingerprint density at radius 1 is 1.14 bits per heavy atom. The van der Waals surface area contributed by atoms with Crippen molar-refractivity contribution in [3.8, 4) is 11.5 Å². The number of benzene rings is 2. The third-order valence-electron chi connectivity index (χ3n) is 5.34. The van der Waals surface area contributed by atoms with Gasteiger partial charge >= 0.3 is 0 Å². The number of methoxy groups -OCH3 is 1. The standard InChI is InChI=1S/C23H26N2O3/c1-27-22-12-16(10-11-21(22)28-18-6-2-3-7-18)14-25-23(26)13-17-15-24-20-9-5-4-8-19(17)20/h4-5,8-12,15,18,24H,2-3,6-7,13-14H2,1H3,(H,25,26). The van der Waals surface area contributed by atoms with Gasteiger partial charge < -0.3 is 19.8 Å². The Balaban J connectivity index is 1.36. The van der Waals surface area contributed by atoms with Gasteiger partial charge in [0.05, 0.1) is 19.6 Å². The summed E-state index contributed by atoms with van der Waals surface area (Å²) in [5.41, 5.74) is 3.04. The number of fused-ring (bicyclic) bond motifs is 1. The van der Waals surface area contributed by atoms with Crippen LogP contribution in [0.15, 0.2) is 48.7 Å². The van der Waals surface area contributed by atoms with Crippen molar-refractivity contribution in [2.45, 2.75) is 44.8 Å². The molecule has 0 atom stereocenters. The van der Waals surface area contributed by atoms with Gasteiger partial charge in [-0.25, -0.2) is 0 Å². The van der Waals surface area contributed by atoms with Crippen molar-refractivity contribution in [3.63, 3.8) is 0 Å². The maximum absolute atomic E-state index is 12.4. The van der Waals surface area contributed by atoms with Gasteiger partial charge in [0.15, 0.2) is 11.5 Å². The first kappa shape index (κ1) is 18.4. The van der Waals surface area contributed by atoms with Gasteiger partial charge in [-0.1, -0.05) is 24.3 Å². The lowest BCUT2D eigenvalue weighted by atomic mass is 10.1. The van der Waals surface area contributed by atoms with Gasteiger partial charge in [-0.3, -0.25) is 4.79 Å². The number of para-hydroxylation sites is 1. The van der Waals surface area contributed by atoms with Crippen molar-refractivity contribution >= 4 is 16.8 Å². The monoisotopic (exact) mass is 378 g/mol. The van der Waals surface area contributed by atoms with E-state index in [2.05, 4.69) is 10.3 Å². The Hall–Kier alpha value is -2.95. The zero-order valence-corrected chi connectivity index (χ0v) is 16.2. The molecule has 0 aliphatic heterocycles. The molecule has 1 aromatic heterocycles. The van der Waals surface area contributed by atoms with Crippen LogP contribution in [0.1, 0.15) is 36.8 Å². The van der Waals surface area contributed by atoms with Crippen LogP contribution in [0.3, 0.4) is 0 Å². The number of ether oxygens (including phenoxy) is 2. The number of carbonyl (C=O) groups excluding carboxylic acids is 1. The number of rotatable bonds is 7. The van der Waals surface area contributed by atoms with Gasteiger partial charge in [-0.05, 0) is 55.0 Å². The number of hydrogen-bond acceptors (Lipinski definition) is 3. The van der Waals surface area contributed by atoms with Gasteiger partial charge in [-0.2, -0.15) is 0 Å². The first-order valence-electron chi connectivity index (χ1n) is 9.88. The van der Waals surface area contributed by atoms with E-state index in [0.29, 0.717) is 13.0 Å². The highest BCUT2D eigenvalue weighted by Gasteiger charge is 2.18. The fraction of sp³-hybridized carbons (Fsp3) is 0.348. The number of aromatic amines is 1. The molecule has 0 spiro atoms. The highest BCUT2D eigenvalue weighted by molar-refractivity contribution is 5.88. The first-order chi connectivity index (χ1) is 13.7. The zero-order valence-electron chi connectivity index (χ0n) is 16.2. The molecule has 1 heterocycles. The summed E-state index contributed by atoms with van der Waals surface area (Å²) in [4.78, 5) is 15.6. The van der Waals surface area contributed by atoms with Crippen LogP contribution in [0, 0.1) is 0 Å². The second-order valence-electron chi connectivity index (χ2n) is 7.32. The maximum Gasteiger partial charge on any atom is 0.224 e. The molecule has 0 bridgehead atoms. The van der Waals surface area contributed by atoms with Crippen molar-refractivity contribution in [3.05, 3.63) is 59.8 Å². The molecule has 146 valence electrons. The maximum atomic E-state index is 12.4. The third kappa shape index (κ3) is 4.14. The molecule has 0 radical (unpaired) electrons. The predicted octanol–water partition coefficient (Wildman–Crippen LogP) is 4.36. The molecule has 1 amide bonds. The van der Waals surface area contributed by atoms with Gasteiger partial charge in [0, 0.05) is 23.6 Å². The minimum Gasteiger partial charge on any atom is -0.493 e. The van der Waals surface area contributed by atoms with E-state index in [1.165, 1.54) is 12.8 Å². The highest BCUT2D eigenvalue weighted by atomic mass is 16.5. The SMILES string of the molecule is COc1cc(CNC(=O)Cc2c[nH]c3ccccc23)ccc1OC1CCCC1. The van der Waals surface area contributed by atoms with E-state index in [-0.39, 0.29) is 12.0 Å². The Labute approximate surface area is 165 Å². The lowest BCUT2D eigenvalue weighted by molar-refractivity contribution is -0.120. The average Bonchev–Trinajstić information content (AvgIpc) is 3.37. The van der Waals surface area contributed by atoms with Crippen molar-refractivity contribution in [1.29, 1.82) is 0 Å². The number of nitrogens with one attached hydrogen (secondary N) is 2. The molecule has 1 aliphatic carbocycles. The molecule has 5 nitrogen and oxygen atoms in total. The predicted molar refractivity (Wildman–Crippen MR) is 110 cm³/mol. The first-order valence-corrected chi connectivity index (χ1v) is 9.88. The van der Waals surface area contributed by atoms with Crippen LogP contribution in [0.25, 0.3) is 10.9 Å². The summed E-state index contributed by atoms with van der Waals surface area (Å²) >= 11 is 0. The van der Waals surface area contributed by atoms with E-state index in [0.717, 1.165) is 46.4 Å². The molecule has 3 aromatic rings. The fourth-order valence-electron chi connectivity index (χ4n) is 3.82. The van der Waals surface area contributed by atoms with Crippen LogP contribution in [0.5, 0.6) is 11.5 Å². The van der Waals surface area contributed by atoms with E-state index in [1.54, 1.807) is 7.11 Å². The van der Waals surface area contributed by atoms with E-state index in [9.17, 15) is 4.79 Å². The van der Waals surface area contributed by atoms with Gasteiger partial charge in [0.1, 0.15) is 0 Å². The molecule has 4 rings (SSSR count). The highest BCUT2D eigenvalue weighted by Crippen LogP contribution is 2.32. The van der Waals surface area contributed by atoms with E-state index in [1.807, 2.05) is 48.7 Å². The topological polar surface area (TPSA) is 63.3 Å². The Kier molecular flexibility index (Phi) is 5.51. The molecule has 28 heavy (non-hydrogen) atoms. The molecule has 2 N–H and O–H groups in total. The summed E-state index contributed by atoms with van der Waals surface area (Å²) in [7, 11) is 1.65. The van der Waals surface area contributed by atoms with Crippen molar-refractivity contribution in [2.24, 2.45) is 0 Å². The molecule has 1 aliphatic rings. The van der Waals surface area contributed by atoms with Crippen LogP contribution in [0.2, 0.25) is 0 Å². The van der Waals surface area contributed by atoms with Gasteiger partial charge in [0.25, 0.3) is 0 Å². The summed E-state index contributed by atoms with van der Waals surface area (Å²) in [5, 5.41) is 4.09. The lowest BCUT2D eigenvalue weighted by Gasteiger charge is -2.16. The zero-order chi connectivity index (χ0) is 19.3. The fourth-order valence-corrected chi connectivity index (χ4v) is 3.82. The van der Waals surface area contributed by atoms with Crippen LogP contribution < -0.4 is 14.8 Å². The summed E-state index contributed by atoms with van der Waals surface area (Å²) in [6.07, 6.45) is 7.22. The molecule has 0 saturated heterocycles. The number of amides is 1. The second kappa shape index (κ2) is 8.38. The summed E-state index contributed by atoms with van der Waals surface area (Å²) in [6.45, 7) is 0.460. The van der Waals surface area contributed by atoms with Gasteiger partial charge in [0.2, 0.25) is 5.91 Å². The summed E-state index contributed by atoms with van der Waals surface area (Å²) < 4.78 is 11.6. The molecule has 1 fully saturated rings. The van der Waals surface area contributed by atoms with Crippen LogP contribution >= 0.6 is 0 Å². The molecular weight excluding hydrogens is 352 g/mol. The smallest absolute Gasteiger partial charge is 0.224 e. The Morgan fingerprint density at radius 3 is 2.79 bits per heavy atom. The van der Waals surface area contributed by atoms with Gasteiger partial charge in [-0.15, -0.1) is 0 Å². The quantitative estimate of drug-likeness (QED) is 0.642. The number of carbonyl (C=O) groups is 1. The minimum atomic E-state index is -0.00463. The number of hydrogen-bond donors (Lipinski definition) is 2. The normalized spacial score (nSPS) is 14.3. The number of aromatic nitrogens is 1. The van der Waals surface area contributed by atoms with E-state index < -0.39 is 0 Å². The van der Waals surface area contributed by atoms with Crippen LogP contribution in [-0.2, 0) is 17.8 Å². The minimum absolute atomic E-state index is 0.00463. The van der Waals surface area contributed by atoms with Crippen molar-refractivity contribution in [2.75, 3.05) is 7.11 Å². The molecule has 1 saturated carbocycles. The average molecular weight is 378 g/mol. The summed E-state index contributed by atoms with van der Waals surface area (Å²) in [5.74, 6) is 1.49. The van der Waals surface area contributed by atoms with Crippen molar-refractivity contribution < 1.29 is 14.3 Å². The second-order valence-corrected chi connectivity index (χ2v) is 7.32. The van der Waals surface area contributed by atoms with Crippen LogP contribution in [0.4, 0.5) is 0 Å². The molecule has 5 heteroatoms. The molecular formula is C23H26N2O3. The third-order valence-corrected chi connectivity index (χ3v) is 5.34. The van der Waals surface area contributed by atoms with Crippen molar-refractivity contribution in [1.82, 2.24) is 10.3 Å². The number of H-pyrrole nitrogens is 1. The van der Waals surface area contributed by atoms with E-state index >= 15 is 0 Å². The Bertz CT molecular complexity index is 957. The molecule has 2 aromatic carbocycles. The lowest BCUT2D eigenvalue weighted by Crippen LogP contribution is -2.24. The largest absolute Gasteiger partial charge is 0.493 e. The molecule has 0 unspecified atom stereocenters.